The van der Waals surface area contributed by atoms with Gasteiger partial charge in [0.2, 0.25) is 0 Å². The molecule has 0 spiro atoms. The van der Waals surface area contributed by atoms with E-state index in [0.29, 0.717) is 0 Å². The molecule has 0 radical (unpaired) electrons. The Kier molecular flexibility index (Phi) is 6.13. The van der Waals surface area contributed by atoms with Gasteiger partial charge in [-0.25, -0.2) is 0 Å². The molecule has 2 rings (SSSR count). The van der Waals surface area contributed by atoms with Crippen LogP contribution in [0.25, 0.3) is 0 Å². The van der Waals surface area contributed by atoms with Gasteiger partial charge in [-0.3, -0.25) is 0 Å². The Bertz CT molecular complexity index is 397. The van der Waals surface area contributed by atoms with E-state index in [-0.39, 0.29) is 5.75 Å². The fraction of sp³-hybridized carbons (Fsp3) is 0.571. The number of nitrogens with zero attached hydrogens (tertiary/aromatic N) is 1. The maximum Gasteiger partial charge on any atom is 0.143 e. The first kappa shape index (κ1) is 15.3. The van der Waals surface area contributed by atoms with Crippen LogP contribution in [0.1, 0.15) is 24.8 Å². The molecule has 0 amide bonds. The SMILES string of the molecule is Oc1c(Br)cc(CNCCCN2CCCC2)cc1Br. The third kappa shape index (κ3) is 4.74. The third-order valence-electron chi connectivity index (χ3n) is 3.43. The van der Waals surface area contributed by atoms with Gasteiger partial charge in [-0.1, -0.05) is 0 Å². The molecule has 1 fully saturated rings. The van der Waals surface area contributed by atoms with Crippen molar-refractivity contribution in [1.82, 2.24) is 10.2 Å². The fourth-order valence-corrected chi connectivity index (χ4v) is 3.67. The molecule has 1 saturated heterocycles. The number of rotatable bonds is 6. The van der Waals surface area contributed by atoms with Gasteiger partial charge in [0, 0.05) is 6.54 Å². The van der Waals surface area contributed by atoms with Gasteiger partial charge in [0.05, 0.1) is 8.95 Å². The summed E-state index contributed by atoms with van der Waals surface area (Å²) in [6.45, 7) is 5.62. The minimum absolute atomic E-state index is 0.262. The number of nitrogens with one attached hydrogen (secondary N) is 1. The summed E-state index contributed by atoms with van der Waals surface area (Å²) < 4.78 is 1.46. The third-order valence-corrected chi connectivity index (χ3v) is 4.64. The van der Waals surface area contributed by atoms with Crippen molar-refractivity contribution in [3.05, 3.63) is 26.6 Å². The molecule has 0 unspecified atom stereocenters. The van der Waals surface area contributed by atoms with Gasteiger partial charge >= 0.3 is 0 Å². The largest absolute Gasteiger partial charge is 0.506 e. The Morgan fingerprint density at radius 2 is 1.79 bits per heavy atom. The zero-order valence-corrected chi connectivity index (χ0v) is 14.1. The van der Waals surface area contributed by atoms with Gasteiger partial charge in [0.15, 0.2) is 0 Å². The maximum atomic E-state index is 9.64. The lowest BCUT2D eigenvalue weighted by atomic mass is 10.2. The van der Waals surface area contributed by atoms with Crippen LogP contribution < -0.4 is 5.32 Å². The van der Waals surface area contributed by atoms with Crippen LogP contribution in [0.15, 0.2) is 21.1 Å². The number of halogens is 2. The van der Waals surface area contributed by atoms with Crippen molar-refractivity contribution in [2.24, 2.45) is 0 Å². The first-order valence-corrected chi connectivity index (χ1v) is 8.35. The Hall–Kier alpha value is -0.100. The summed E-state index contributed by atoms with van der Waals surface area (Å²) in [5, 5.41) is 13.1. The molecule has 1 aliphatic rings. The summed E-state index contributed by atoms with van der Waals surface area (Å²) >= 11 is 6.70. The maximum absolute atomic E-state index is 9.64. The standard InChI is InChI=1S/C14H20Br2N2O/c15-12-8-11(9-13(16)14(12)19)10-17-4-3-7-18-5-1-2-6-18/h8-9,17,19H,1-7,10H2. The molecule has 2 N–H and O–H groups in total. The van der Waals surface area contributed by atoms with Crippen molar-refractivity contribution < 1.29 is 5.11 Å². The van der Waals surface area contributed by atoms with E-state index >= 15 is 0 Å². The molecule has 0 aromatic heterocycles. The molecule has 19 heavy (non-hydrogen) atoms. The van der Waals surface area contributed by atoms with Gasteiger partial charge < -0.3 is 15.3 Å². The van der Waals surface area contributed by atoms with Crippen LogP contribution in [0.5, 0.6) is 5.75 Å². The average Bonchev–Trinajstić information content (AvgIpc) is 2.88. The van der Waals surface area contributed by atoms with E-state index in [1.165, 1.54) is 38.9 Å². The molecular formula is C14H20Br2N2O. The number of benzene rings is 1. The topological polar surface area (TPSA) is 35.5 Å². The lowest BCUT2D eigenvalue weighted by Crippen LogP contribution is -2.24. The van der Waals surface area contributed by atoms with Gasteiger partial charge in [-0.15, -0.1) is 0 Å². The molecule has 1 aromatic carbocycles. The Labute approximate surface area is 131 Å². The second-order valence-electron chi connectivity index (χ2n) is 4.99. The van der Waals surface area contributed by atoms with Crippen LogP contribution in [0.3, 0.4) is 0 Å². The van der Waals surface area contributed by atoms with Crippen molar-refractivity contribution in [3.63, 3.8) is 0 Å². The Morgan fingerprint density at radius 3 is 2.42 bits per heavy atom. The first-order valence-electron chi connectivity index (χ1n) is 6.77. The lowest BCUT2D eigenvalue weighted by Gasteiger charge is -2.14. The van der Waals surface area contributed by atoms with E-state index in [9.17, 15) is 5.11 Å². The summed E-state index contributed by atoms with van der Waals surface area (Å²) in [6.07, 6.45) is 3.92. The highest BCUT2D eigenvalue weighted by atomic mass is 79.9. The van der Waals surface area contributed by atoms with Crippen LogP contribution in [-0.4, -0.2) is 36.2 Å². The molecular weight excluding hydrogens is 372 g/mol. The van der Waals surface area contributed by atoms with Crippen molar-refractivity contribution in [1.29, 1.82) is 0 Å². The number of aromatic hydroxyl groups is 1. The molecule has 0 saturated carbocycles. The molecule has 1 aliphatic heterocycles. The quantitative estimate of drug-likeness (QED) is 0.728. The highest BCUT2D eigenvalue weighted by molar-refractivity contribution is 9.11. The molecule has 5 heteroatoms. The predicted octanol–water partition coefficient (Wildman–Crippen LogP) is 3.49. The van der Waals surface area contributed by atoms with Gasteiger partial charge in [0.25, 0.3) is 0 Å². The Balaban J connectivity index is 1.67. The van der Waals surface area contributed by atoms with E-state index in [2.05, 4.69) is 42.1 Å². The number of likely N-dealkylation sites (tertiary alicyclic amines) is 1. The normalized spacial score (nSPS) is 16.1. The van der Waals surface area contributed by atoms with Crippen molar-refractivity contribution in [2.45, 2.75) is 25.8 Å². The molecule has 3 nitrogen and oxygen atoms in total. The van der Waals surface area contributed by atoms with E-state index in [4.69, 9.17) is 0 Å². The monoisotopic (exact) mass is 390 g/mol. The summed E-state index contributed by atoms with van der Waals surface area (Å²) in [4.78, 5) is 2.54. The van der Waals surface area contributed by atoms with Crippen LogP contribution in [0, 0.1) is 0 Å². The highest BCUT2D eigenvalue weighted by Crippen LogP contribution is 2.33. The van der Waals surface area contributed by atoms with Crippen molar-refractivity contribution >= 4 is 31.9 Å². The minimum atomic E-state index is 0.262. The van der Waals surface area contributed by atoms with Crippen LogP contribution in [-0.2, 0) is 6.54 Å². The van der Waals surface area contributed by atoms with Gasteiger partial charge in [-0.2, -0.15) is 0 Å². The van der Waals surface area contributed by atoms with Crippen LogP contribution in [0.4, 0.5) is 0 Å². The van der Waals surface area contributed by atoms with E-state index < -0.39 is 0 Å². The fourth-order valence-electron chi connectivity index (χ4n) is 2.39. The minimum Gasteiger partial charge on any atom is -0.506 e. The number of phenols is 1. The first-order chi connectivity index (χ1) is 9.16. The summed E-state index contributed by atoms with van der Waals surface area (Å²) in [7, 11) is 0. The van der Waals surface area contributed by atoms with Crippen molar-refractivity contribution in [3.8, 4) is 5.75 Å². The Morgan fingerprint density at radius 1 is 1.16 bits per heavy atom. The number of hydrogen-bond donors (Lipinski definition) is 2. The van der Waals surface area contributed by atoms with Crippen LogP contribution in [0.2, 0.25) is 0 Å². The summed E-state index contributed by atoms with van der Waals surface area (Å²) in [6, 6.07) is 3.90. The van der Waals surface area contributed by atoms with Crippen LogP contribution >= 0.6 is 31.9 Å². The second kappa shape index (κ2) is 7.62. The van der Waals surface area contributed by atoms with Gasteiger partial charge in [-0.05, 0) is 95.0 Å². The van der Waals surface area contributed by atoms with Crippen molar-refractivity contribution in [2.75, 3.05) is 26.2 Å². The molecule has 0 atom stereocenters. The second-order valence-corrected chi connectivity index (χ2v) is 6.70. The zero-order chi connectivity index (χ0) is 13.7. The summed E-state index contributed by atoms with van der Waals surface area (Å²) in [5.41, 5.74) is 1.16. The van der Waals surface area contributed by atoms with E-state index in [1.54, 1.807) is 0 Å². The molecule has 1 aromatic rings. The zero-order valence-electron chi connectivity index (χ0n) is 11.0. The lowest BCUT2D eigenvalue weighted by molar-refractivity contribution is 0.331. The molecule has 106 valence electrons. The van der Waals surface area contributed by atoms with E-state index in [1.807, 2.05) is 12.1 Å². The highest BCUT2D eigenvalue weighted by Gasteiger charge is 2.10. The van der Waals surface area contributed by atoms with E-state index in [0.717, 1.165) is 27.6 Å². The van der Waals surface area contributed by atoms with Gasteiger partial charge in [0.1, 0.15) is 5.75 Å². The average molecular weight is 392 g/mol. The number of phenolic OH excluding ortho intramolecular Hbond substituents is 1. The molecule has 0 bridgehead atoms. The molecule has 1 heterocycles. The number of hydrogen-bond acceptors (Lipinski definition) is 3. The predicted molar refractivity (Wildman–Crippen MR) is 85.5 cm³/mol. The summed E-state index contributed by atoms with van der Waals surface area (Å²) in [5.74, 6) is 0.262. The smallest absolute Gasteiger partial charge is 0.143 e. The molecule has 0 aliphatic carbocycles.